The van der Waals surface area contributed by atoms with Crippen LogP contribution in [-0.4, -0.2) is 53.3 Å². The Morgan fingerprint density at radius 3 is 2.31 bits per heavy atom. The van der Waals surface area contributed by atoms with E-state index in [0.29, 0.717) is 12.8 Å². The van der Waals surface area contributed by atoms with Gasteiger partial charge in [0.15, 0.2) is 5.96 Å². The lowest BCUT2D eigenvalue weighted by Crippen LogP contribution is -2.62. The van der Waals surface area contributed by atoms with E-state index in [-0.39, 0.29) is 25.3 Å². The maximum Gasteiger partial charge on any atom is 0.407 e. The fourth-order valence-corrected chi connectivity index (χ4v) is 3.98. The van der Waals surface area contributed by atoms with Crippen molar-refractivity contribution in [2.45, 2.75) is 83.8 Å². The van der Waals surface area contributed by atoms with Crippen LogP contribution in [0.1, 0.15) is 71.8 Å². The molecule has 202 valence electrons. The number of guanidine groups is 1. The van der Waals surface area contributed by atoms with E-state index < -0.39 is 41.6 Å². The van der Waals surface area contributed by atoms with E-state index in [4.69, 9.17) is 16.2 Å². The third-order valence-corrected chi connectivity index (χ3v) is 5.64. The second-order valence-corrected chi connectivity index (χ2v) is 9.92. The van der Waals surface area contributed by atoms with Crippen LogP contribution in [0.25, 0.3) is 0 Å². The molecule has 0 unspecified atom stereocenters. The van der Waals surface area contributed by atoms with Gasteiger partial charge in [0.1, 0.15) is 11.1 Å². The third kappa shape index (κ3) is 11.1. The van der Waals surface area contributed by atoms with Crippen LogP contribution in [0.2, 0.25) is 0 Å². The third-order valence-electron chi connectivity index (χ3n) is 5.64. The van der Waals surface area contributed by atoms with Gasteiger partial charge in [0, 0.05) is 18.9 Å². The number of alkyl carbamates (subject to hydrolysis) is 1. The molecule has 1 aromatic carbocycles. The second-order valence-electron chi connectivity index (χ2n) is 9.92. The highest BCUT2D eigenvalue weighted by atomic mass is 16.6. The van der Waals surface area contributed by atoms with E-state index in [9.17, 15) is 19.5 Å². The first-order valence-electron chi connectivity index (χ1n) is 12.5. The minimum absolute atomic E-state index is 0.130. The quantitative estimate of drug-likeness (QED) is 0.147. The molecule has 0 bridgehead atoms. The fourth-order valence-electron chi connectivity index (χ4n) is 3.98. The second kappa shape index (κ2) is 15.1. The van der Waals surface area contributed by atoms with Gasteiger partial charge in [-0.15, -0.1) is 0 Å². The number of amides is 3. The Kier molecular flexibility index (Phi) is 12.9. The monoisotopic (exact) mass is 505 g/mol. The van der Waals surface area contributed by atoms with Crippen LogP contribution in [-0.2, 0) is 20.7 Å². The molecular weight excluding hydrogens is 462 g/mol. The predicted octanol–water partition coefficient (Wildman–Crippen LogP) is 2.38. The van der Waals surface area contributed by atoms with Crippen molar-refractivity contribution in [2.24, 2.45) is 22.4 Å². The lowest BCUT2D eigenvalue weighted by Gasteiger charge is -2.38. The van der Waals surface area contributed by atoms with Crippen molar-refractivity contribution in [3.05, 3.63) is 35.9 Å². The largest absolute Gasteiger partial charge is 0.444 e. The molecule has 10 heteroatoms. The molecule has 36 heavy (non-hydrogen) atoms. The van der Waals surface area contributed by atoms with Crippen molar-refractivity contribution < 1.29 is 24.2 Å². The number of aliphatic hydroxyl groups excluding tert-OH is 1. The fraction of sp³-hybridized carbons (Fsp3) is 0.615. The first-order chi connectivity index (χ1) is 16.9. The van der Waals surface area contributed by atoms with Crippen LogP contribution < -0.4 is 22.1 Å². The number of aliphatic hydroxyl groups is 1. The topological polar surface area (TPSA) is 169 Å². The average Bonchev–Trinajstić information content (AvgIpc) is 2.78. The highest BCUT2D eigenvalue weighted by molar-refractivity contribution is 5.99. The van der Waals surface area contributed by atoms with Gasteiger partial charge in [-0.2, -0.15) is 4.99 Å². The number of hydrogen-bond acceptors (Lipinski definition) is 5. The van der Waals surface area contributed by atoms with Gasteiger partial charge in [-0.25, -0.2) is 4.79 Å². The van der Waals surface area contributed by atoms with Crippen molar-refractivity contribution in [1.82, 2.24) is 10.6 Å². The summed E-state index contributed by atoms with van der Waals surface area (Å²) in [6, 6.07) is 10.1. The summed E-state index contributed by atoms with van der Waals surface area (Å²) in [7, 11) is 0. The molecule has 0 aromatic heterocycles. The van der Waals surface area contributed by atoms with Crippen molar-refractivity contribution >= 4 is 23.9 Å². The van der Waals surface area contributed by atoms with Gasteiger partial charge in [0.25, 0.3) is 5.91 Å². The minimum atomic E-state index is -1.59. The van der Waals surface area contributed by atoms with E-state index in [2.05, 4.69) is 27.8 Å². The normalized spacial score (nSPS) is 13.7. The van der Waals surface area contributed by atoms with Gasteiger partial charge in [-0.3, -0.25) is 9.59 Å². The lowest BCUT2D eigenvalue weighted by atomic mass is 9.79. The molecule has 0 saturated heterocycles. The number of nitrogens with two attached hydrogens (primary N) is 2. The van der Waals surface area contributed by atoms with Crippen molar-refractivity contribution in [2.75, 3.05) is 13.2 Å². The molecule has 7 N–H and O–H groups in total. The number of nitrogens with one attached hydrogen (secondary N) is 2. The molecule has 3 amide bonds. The Hall–Kier alpha value is -3.14. The van der Waals surface area contributed by atoms with Crippen LogP contribution in [0.15, 0.2) is 35.3 Å². The molecule has 2 atom stereocenters. The summed E-state index contributed by atoms with van der Waals surface area (Å²) in [5.41, 5.74) is 9.84. The van der Waals surface area contributed by atoms with Gasteiger partial charge in [-0.05, 0) is 52.0 Å². The standard InChI is InChI=1S/C26H43N5O5/c1-5-16-26(22(34)30-23(27)28,20(18-32)17-29-24(35)36-25(2,3)4)31-21(33)15-11-7-10-14-19-12-8-6-9-13-19/h6,8-9,12-13,20,32H,5,7,10-11,14-18H2,1-4H3,(H,29,35)(H,31,33)(H4,27,28,30,34)/t20-,26-/m1/s1. The number of unbranched alkanes of at least 4 members (excludes halogenated alkanes) is 2. The molecule has 0 aliphatic heterocycles. The maximum atomic E-state index is 13.2. The number of benzene rings is 1. The summed E-state index contributed by atoms with van der Waals surface area (Å²) in [6.45, 7) is 6.37. The van der Waals surface area contributed by atoms with Gasteiger partial charge in [0.05, 0.1) is 6.61 Å². The summed E-state index contributed by atoms with van der Waals surface area (Å²) < 4.78 is 5.25. The first kappa shape index (κ1) is 30.9. The smallest absolute Gasteiger partial charge is 0.407 e. The van der Waals surface area contributed by atoms with E-state index in [1.165, 1.54) is 5.56 Å². The number of rotatable bonds is 14. The Bertz CT molecular complexity index is 865. The first-order valence-corrected chi connectivity index (χ1v) is 12.5. The number of carbonyl (C=O) groups excluding carboxylic acids is 3. The van der Waals surface area contributed by atoms with Gasteiger partial charge >= 0.3 is 6.09 Å². The molecule has 0 spiro atoms. The Labute approximate surface area is 214 Å². The number of ether oxygens (including phenoxy) is 1. The van der Waals surface area contributed by atoms with E-state index in [0.717, 1.165) is 19.3 Å². The molecule has 0 aliphatic carbocycles. The molecule has 10 nitrogen and oxygen atoms in total. The van der Waals surface area contributed by atoms with E-state index in [1.54, 1.807) is 20.8 Å². The van der Waals surface area contributed by atoms with Crippen LogP contribution in [0.4, 0.5) is 4.79 Å². The van der Waals surface area contributed by atoms with Gasteiger partial charge < -0.3 is 31.9 Å². The van der Waals surface area contributed by atoms with Crippen LogP contribution >= 0.6 is 0 Å². The number of aryl methyl sites for hydroxylation is 1. The summed E-state index contributed by atoms with van der Waals surface area (Å²) in [4.78, 5) is 42.0. The zero-order valence-electron chi connectivity index (χ0n) is 22.0. The summed E-state index contributed by atoms with van der Waals surface area (Å²) in [5, 5.41) is 15.6. The highest BCUT2D eigenvalue weighted by Crippen LogP contribution is 2.26. The Morgan fingerprint density at radius 1 is 1.08 bits per heavy atom. The molecule has 1 aromatic rings. The maximum absolute atomic E-state index is 13.2. The minimum Gasteiger partial charge on any atom is -0.444 e. The number of carbonyl (C=O) groups is 3. The predicted molar refractivity (Wildman–Crippen MR) is 140 cm³/mol. The molecule has 0 saturated carbocycles. The highest BCUT2D eigenvalue weighted by Gasteiger charge is 2.46. The SMILES string of the molecule is CCC[C@](NC(=O)CCCCCc1ccccc1)(C(=O)N=C(N)N)[C@@H](CO)CNC(=O)OC(C)(C)C. The summed E-state index contributed by atoms with van der Waals surface area (Å²) >= 11 is 0. The Morgan fingerprint density at radius 2 is 1.75 bits per heavy atom. The molecule has 0 fully saturated rings. The van der Waals surface area contributed by atoms with Crippen molar-refractivity contribution in [1.29, 1.82) is 0 Å². The zero-order chi connectivity index (χ0) is 27.2. The molecule has 1 rings (SSSR count). The zero-order valence-corrected chi connectivity index (χ0v) is 22.0. The van der Waals surface area contributed by atoms with Gasteiger partial charge in [0.2, 0.25) is 5.91 Å². The van der Waals surface area contributed by atoms with Crippen LogP contribution in [0, 0.1) is 5.92 Å². The lowest BCUT2D eigenvalue weighted by molar-refractivity contribution is -0.135. The van der Waals surface area contributed by atoms with E-state index >= 15 is 0 Å². The average molecular weight is 506 g/mol. The number of aliphatic imine (C=N–C) groups is 1. The summed E-state index contributed by atoms with van der Waals surface area (Å²) in [5.74, 6) is -2.46. The number of nitrogens with zero attached hydrogens (tertiary/aromatic N) is 1. The molecular formula is C26H43N5O5. The van der Waals surface area contributed by atoms with Gasteiger partial charge in [-0.1, -0.05) is 50.1 Å². The van der Waals surface area contributed by atoms with Crippen LogP contribution in [0.5, 0.6) is 0 Å². The summed E-state index contributed by atoms with van der Waals surface area (Å²) in [6.07, 6.45) is 3.50. The van der Waals surface area contributed by atoms with Crippen molar-refractivity contribution in [3.8, 4) is 0 Å². The van der Waals surface area contributed by atoms with Crippen molar-refractivity contribution in [3.63, 3.8) is 0 Å². The molecule has 0 aliphatic rings. The molecule has 0 radical (unpaired) electrons. The van der Waals surface area contributed by atoms with E-state index in [1.807, 2.05) is 25.1 Å². The Balaban J connectivity index is 2.92. The molecule has 0 heterocycles. The number of hydrogen-bond donors (Lipinski definition) is 5. The van der Waals surface area contributed by atoms with Crippen LogP contribution in [0.3, 0.4) is 0 Å².